The standard InChI is InChI=1S/C18H28N4O4/c1-24-10-11-25-17(23)21-12-15-2-3-18(14-26-15)4-8-22(9-5-18)16-13-19-6-7-20-16/h6-7,13,15H,2-5,8-12,14H2,1H3,(H,21,23). The summed E-state index contributed by atoms with van der Waals surface area (Å²) < 4.78 is 15.9. The largest absolute Gasteiger partial charge is 0.447 e. The van der Waals surface area contributed by atoms with Crippen molar-refractivity contribution in [2.75, 3.05) is 51.5 Å². The van der Waals surface area contributed by atoms with Gasteiger partial charge in [0, 0.05) is 39.1 Å². The highest BCUT2D eigenvalue weighted by Crippen LogP contribution is 2.41. The number of nitrogens with one attached hydrogen (secondary N) is 1. The van der Waals surface area contributed by atoms with E-state index in [1.807, 2.05) is 6.20 Å². The summed E-state index contributed by atoms with van der Waals surface area (Å²) in [7, 11) is 1.57. The van der Waals surface area contributed by atoms with E-state index < -0.39 is 6.09 Å². The fourth-order valence-electron chi connectivity index (χ4n) is 3.60. The topological polar surface area (TPSA) is 85.8 Å². The van der Waals surface area contributed by atoms with Gasteiger partial charge in [-0.15, -0.1) is 0 Å². The van der Waals surface area contributed by atoms with Crippen molar-refractivity contribution in [3.05, 3.63) is 18.6 Å². The summed E-state index contributed by atoms with van der Waals surface area (Å²) in [6.45, 7) is 3.88. The number of alkyl carbamates (subject to hydrolysis) is 1. The minimum atomic E-state index is -0.414. The highest BCUT2D eigenvalue weighted by atomic mass is 16.6. The molecule has 1 atom stereocenters. The maximum absolute atomic E-state index is 11.6. The molecule has 3 rings (SSSR count). The maximum Gasteiger partial charge on any atom is 0.407 e. The monoisotopic (exact) mass is 364 g/mol. The van der Waals surface area contributed by atoms with Gasteiger partial charge in [0.1, 0.15) is 12.4 Å². The van der Waals surface area contributed by atoms with Gasteiger partial charge in [-0.1, -0.05) is 0 Å². The lowest BCUT2D eigenvalue weighted by atomic mass is 9.73. The Bertz CT molecular complexity index is 554. The number of ether oxygens (including phenoxy) is 3. The molecular formula is C18H28N4O4. The molecule has 2 fully saturated rings. The number of nitrogens with zero attached hydrogens (tertiary/aromatic N) is 3. The second-order valence-corrected chi connectivity index (χ2v) is 7.03. The van der Waals surface area contributed by atoms with Gasteiger partial charge in [0.15, 0.2) is 0 Å². The smallest absolute Gasteiger partial charge is 0.407 e. The molecule has 0 saturated carbocycles. The molecule has 0 aliphatic carbocycles. The molecule has 8 heteroatoms. The Morgan fingerprint density at radius 1 is 1.35 bits per heavy atom. The molecule has 2 aliphatic heterocycles. The number of piperidine rings is 1. The van der Waals surface area contributed by atoms with Crippen molar-refractivity contribution in [1.82, 2.24) is 15.3 Å². The summed E-state index contributed by atoms with van der Waals surface area (Å²) in [5.74, 6) is 0.952. The highest BCUT2D eigenvalue weighted by Gasteiger charge is 2.39. The molecule has 144 valence electrons. The van der Waals surface area contributed by atoms with Gasteiger partial charge in [0.05, 0.1) is 25.5 Å². The molecule has 8 nitrogen and oxygen atoms in total. The van der Waals surface area contributed by atoms with Crippen LogP contribution < -0.4 is 10.2 Å². The average Bonchev–Trinajstić information content (AvgIpc) is 2.69. The molecule has 0 aromatic carbocycles. The lowest BCUT2D eigenvalue weighted by Gasteiger charge is -2.45. The van der Waals surface area contributed by atoms with Crippen LogP contribution in [-0.4, -0.2) is 68.7 Å². The number of hydrogen-bond donors (Lipinski definition) is 1. The van der Waals surface area contributed by atoms with Gasteiger partial charge in [-0.05, 0) is 31.1 Å². The SMILES string of the molecule is COCCOC(=O)NCC1CCC2(CCN(c3cnccn3)CC2)CO1. The lowest BCUT2D eigenvalue weighted by molar-refractivity contribution is -0.0704. The van der Waals surface area contributed by atoms with Gasteiger partial charge in [0.25, 0.3) is 0 Å². The predicted molar refractivity (Wildman–Crippen MR) is 96.1 cm³/mol. The molecule has 2 saturated heterocycles. The van der Waals surface area contributed by atoms with Crippen molar-refractivity contribution in [1.29, 1.82) is 0 Å². The Morgan fingerprint density at radius 2 is 2.19 bits per heavy atom. The number of carbonyl (C=O) groups is 1. The van der Waals surface area contributed by atoms with Crippen molar-refractivity contribution < 1.29 is 19.0 Å². The van der Waals surface area contributed by atoms with Crippen LogP contribution in [0.25, 0.3) is 0 Å². The summed E-state index contributed by atoms with van der Waals surface area (Å²) >= 11 is 0. The summed E-state index contributed by atoms with van der Waals surface area (Å²) in [6.07, 6.45) is 9.20. The number of amides is 1. The minimum Gasteiger partial charge on any atom is -0.447 e. The molecule has 1 amide bonds. The van der Waals surface area contributed by atoms with E-state index in [9.17, 15) is 4.79 Å². The van der Waals surface area contributed by atoms with Crippen molar-refractivity contribution in [2.24, 2.45) is 5.41 Å². The zero-order valence-corrected chi connectivity index (χ0v) is 15.4. The third-order valence-electron chi connectivity index (χ3n) is 5.31. The predicted octanol–water partition coefficient (Wildman–Crippen LogP) is 1.61. The zero-order valence-electron chi connectivity index (χ0n) is 15.4. The Balaban J connectivity index is 1.37. The highest BCUT2D eigenvalue weighted by molar-refractivity contribution is 5.67. The first-order valence-corrected chi connectivity index (χ1v) is 9.23. The van der Waals surface area contributed by atoms with E-state index in [1.165, 1.54) is 0 Å². The second kappa shape index (κ2) is 9.14. The molecular weight excluding hydrogens is 336 g/mol. The minimum absolute atomic E-state index is 0.0635. The van der Waals surface area contributed by atoms with E-state index in [0.717, 1.165) is 51.2 Å². The Hall–Kier alpha value is -1.93. The van der Waals surface area contributed by atoms with Crippen LogP contribution >= 0.6 is 0 Å². The Labute approximate surface area is 154 Å². The molecule has 0 radical (unpaired) electrons. The molecule has 0 bridgehead atoms. The average molecular weight is 364 g/mol. The van der Waals surface area contributed by atoms with Crippen LogP contribution in [-0.2, 0) is 14.2 Å². The molecule has 1 aromatic rings. The molecule has 2 aliphatic rings. The summed E-state index contributed by atoms with van der Waals surface area (Å²) in [6, 6.07) is 0. The van der Waals surface area contributed by atoms with Gasteiger partial charge in [-0.2, -0.15) is 0 Å². The van der Waals surface area contributed by atoms with Crippen LogP contribution in [0.3, 0.4) is 0 Å². The van der Waals surface area contributed by atoms with Crippen molar-refractivity contribution >= 4 is 11.9 Å². The summed E-state index contributed by atoms with van der Waals surface area (Å²) in [4.78, 5) is 22.4. The number of rotatable bonds is 6. The Morgan fingerprint density at radius 3 is 2.85 bits per heavy atom. The van der Waals surface area contributed by atoms with E-state index in [0.29, 0.717) is 13.2 Å². The van der Waals surface area contributed by atoms with Gasteiger partial charge in [0.2, 0.25) is 0 Å². The fraction of sp³-hybridized carbons (Fsp3) is 0.722. The first-order chi connectivity index (χ1) is 12.7. The van der Waals surface area contributed by atoms with Gasteiger partial charge < -0.3 is 24.4 Å². The maximum atomic E-state index is 11.6. The number of carbonyl (C=O) groups excluding carboxylic acids is 1. The second-order valence-electron chi connectivity index (χ2n) is 7.03. The van der Waals surface area contributed by atoms with Gasteiger partial charge in [-0.25, -0.2) is 9.78 Å². The van der Waals surface area contributed by atoms with E-state index >= 15 is 0 Å². The van der Waals surface area contributed by atoms with E-state index in [2.05, 4.69) is 20.2 Å². The molecule has 1 N–H and O–H groups in total. The van der Waals surface area contributed by atoms with Crippen LogP contribution in [0.5, 0.6) is 0 Å². The number of aromatic nitrogens is 2. The van der Waals surface area contributed by atoms with Crippen molar-refractivity contribution in [3.8, 4) is 0 Å². The van der Waals surface area contributed by atoms with Crippen LogP contribution in [0, 0.1) is 5.41 Å². The van der Waals surface area contributed by atoms with Crippen LogP contribution in [0.2, 0.25) is 0 Å². The van der Waals surface area contributed by atoms with Crippen LogP contribution in [0.15, 0.2) is 18.6 Å². The number of hydrogen-bond acceptors (Lipinski definition) is 7. The third-order valence-corrected chi connectivity index (χ3v) is 5.31. The van der Waals surface area contributed by atoms with Gasteiger partial charge in [-0.3, -0.25) is 4.98 Å². The number of anilines is 1. The van der Waals surface area contributed by atoms with Crippen LogP contribution in [0.1, 0.15) is 25.7 Å². The van der Waals surface area contributed by atoms with E-state index in [-0.39, 0.29) is 18.1 Å². The third kappa shape index (κ3) is 5.04. The molecule has 1 aromatic heterocycles. The Kier molecular flexibility index (Phi) is 6.62. The first-order valence-electron chi connectivity index (χ1n) is 9.23. The normalized spacial score (nSPS) is 22.2. The first kappa shape index (κ1) is 18.8. The van der Waals surface area contributed by atoms with E-state index in [1.54, 1.807) is 19.5 Å². The number of methoxy groups -OCH3 is 1. The quantitative estimate of drug-likeness (QED) is 0.768. The van der Waals surface area contributed by atoms with Crippen molar-refractivity contribution in [2.45, 2.75) is 31.8 Å². The van der Waals surface area contributed by atoms with Crippen LogP contribution in [0.4, 0.5) is 10.6 Å². The fourth-order valence-corrected chi connectivity index (χ4v) is 3.60. The summed E-state index contributed by atoms with van der Waals surface area (Å²) in [5.41, 5.74) is 0.258. The molecule has 3 heterocycles. The molecule has 1 unspecified atom stereocenters. The zero-order chi connectivity index (χ0) is 18.2. The van der Waals surface area contributed by atoms with E-state index in [4.69, 9.17) is 14.2 Å². The van der Waals surface area contributed by atoms with Gasteiger partial charge >= 0.3 is 6.09 Å². The van der Waals surface area contributed by atoms with Crippen molar-refractivity contribution in [3.63, 3.8) is 0 Å². The molecule has 26 heavy (non-hydrogen) atoms. The molecule has 1 spiro atoms. The lowest BCUT2D eigenvalue weighted by Crippen LogP contribution is -2.47. The summed E-state index contributed by atoms with van der Waals surface area (Å²) in [5, 5.41) is 2.77.